The van der Waals surface area contributed by atoms with E-state index in [1.165, 1.54) is 12.1 Å². The summed E-state index contributed by atoms with van der Waals surface area (Å²) in [7, 11) is 2.02. The molecule has 1 aliphatic heterocycles. The van der Waals surface area contributed by atoms with Crippen LogP contribution in [-0.4, -0.2) is 44.5 Å². The zero-order chi connectivity index (χ0) is 14.0. The zero-order valence-electron chi connectivity index (χ0n) is 10.4. The first-order chi connectivity index (χ1) is 8.83. The normalized spacial score (nSPS) is 17.6. The smallest absolute Gasteiger partial charge is 0.406 e. The van der Waals surface area contributed by atoms with Gasteiger partial charge in [0, 0.05) is 42.4 Å². The van der Waals surface area contributed by atoms with Crippen LogP contribution in [0.1, 0.15) is 0 Å². The van der Waals surface area contributed by atoms with Crippen molar-refractivity contribution in [1.29, 1.82) is 0 Å². The molecule has 0 amide bonds. The molecule has 0 aromatic heterocycles. The lowest BCUT2D eigenvalue weighted by atomic mass is 10.2. The Morgan fingerprint density at radius 1 is 1.11 bits per heavy atom. The fraction of sp³-hybridized carbons (Fsp3) is 0.500. The number of benzene rings is 1. The summed E-state index contributed by atoms with van der Waals surface area (Å²) >= 11 is 3.21. The quantitative estimate of drug-likeness (QED) is 0.824. The molecule has 0 atom stereocenters. The van der Waals surface area contributed by atoms with Crippen LogP contribution in [0, 0.1) is 0 Å². The van der Waals surface area contributed by atoms with Gasteiger partial charge in [0.25, 0.3) is 0 Å². The summed E-state index contributed by atoms with van der Waals surface area (Å²) in [6, 6.07) is 4.53. The molecule has 1 saturated heterocycles. The number of piperazine rings is 1. The Bertz CT molecular complexity index is 445. The monoisotopic (exact) mass is 338 g/mol. The number of hydrogen-bond acceptors (Lipinski definition) is 3. The molecule has 1 aromatic carbocycles. The highest BCUT2D eigenvalue weighted by Crippen LogP contribution is 2.31. The first kappa shape index (κ1) is 14.5. The van der Waals surface area contributed by atoms with Crippen LogP contribution in [0.5, 0.6) is 5.75 Å². The van der Waals surface area contributed by atoms with Crippen molar-refractivity contribution in [2.45, 2.75) is 6.36 Å². The Balaban J connectivity index is 2.17. The minimum Gasteiger partial charge on any atom is -0.406 e. The fourth-order valence-corrected chi connectivity index (χ4v) is 2.45. The van der Waals surface area contributed by atoms with Crippen LogP contribution in [0.2, 0.25) is 0 Å². The van der Waals surface area contributed by atoms with Gasteiger partial charge in [0.2, 0.25) is 0 Å². The van der Waals surface area contributed by atoms with Crippen LogP contribution in [0.15, 0.2) is 22.7 Å². The molecule has 7 heteroatoms. The lowest BCUT2D eigenvalue weighted by Crippen LogP contribution is -2.44. The van der Waals surface area contributed by atoms with Crippen molar-refractivity contribution in [1.82, 2.24) is 4.90 Å². The van der Waals surface area contributed by atoms with Gasteiger partial charge in [0.15, 0.2) is 0 Å². The van der Waals surface area contributed by atoms with Crippen LogP contribution in [0.3, 0.4) is 0 Å². The third-order valence-corrected chi connectivity index (χ3v) is 3.42. The number of nitrogens with zero attached hydrogens (tertiary/aromatic N) is 2. The van der Waals surface area contributed by atoms with Crippen LogP contribution >= 0.6 is 15.9 Å². The van der Waals surface area contributed by atoms with Gasteiger partial charge in [-0.1, -0.05) is 15.9 Å². The predicted octanol–water partition coefficient (Wildman–Crippen LogP) is 3.10. The second-order valence-electron chi connectivity index (χ2n) is 4.48. The third-order valence-electron chi connectivity index (χ3n) is 2.96. The van der Waals surface area contributed by atoms with E-state index >= 15 is 0 Å². The maximum absolute atomic E-state index is 12.2. The molecule has 0 saturated carbocycles. The molecule has 0 bridgehead atoms. The van der Waals surface area contributed by atoms with Gasteiger partial charge < -0.3 is 14.5 Å². The Morgan fingerprint density at radius 3 is 2.32 bits per heavy atom. The molecule has 0 N–H and O–H groups in total. The van der Waals surface area contributed by atoms with Crippen LogP contribution in [0.25, 0.3) is 0 Å². The molecule has 2 rings (SSSR count). The van der Waals surface area contributed by atoms with Crippen LogP contribution in [0.4, 0.5) is 18.9 Å². The van der Waals surface area contributed by atoms with Crippen molar-refractivity contribution >= 4 is 21.6 Å². The summed E-state index contributed by atoms with van der Waals surface area (Å²) in [5.74, 6) is -0.198. The lowest BCUT2D eigenvalue weighted by molar-refractivity contribution is -0.274. The van der Waals surface area contributed by atoms with E-state index in [9.17, 15) is 13.2 Å². The summed E-state index contributed by atoms with van der Waals surface area (Å²) in [4.78, 5) is 4.23. The van der Waals surface area contributed by atoms with E-state index in [0.29, 0.717) is 4.47 Å². The van der Waals surface area contributed by atoms with E-state index in [2.05, 4.69) is 25.6 Å². The Morgan fingerprint density at radius 2 is 1.74 bits per heavy atom. The van der Waals surface area contributed by atoms with Gasteiger partial charge in [0.1, 0.15) is 5.75 Å². The fourth-order valence-electron chi connectivity index (χ4n) is 1.99. The van der Waals surface area contributed by atoms with E-state index in [1.807, 2.05) is 11.9 Å². The first-order valence-electron chi connectivity index (χ1n) is 5.83. The summed E-state index contributed by atoms with van der Waals surface area (Å²) in [5.41, 5.74) is 0.738. The molecule has 0 aliphatic carbocycles. The van der Waals surface area contributed by atoms with Gasteiger partial charge in [-0.15, -0.1) is 13.2 Å². The maximum atomic E-state index is 12.2. The standard InChI is InChI=1S/C12H14BrF3N2O/c1-17-2-4-18(5-3-17)10-6-9(13)7-11(8-10)19-12(14,15)16/h6-8H,2-5H2,1H3. The van der Waals surface area contributed by atoms with Crippen molar-refractivity contribution in [3.63, 3.8) is 0 Å². The molecule has 1 heterocycles. The Kier molecular flexibility index (Phi) is 4.25. The van der Waals surface area contributed by atoms with E-state index in [-0.39, 0.29) is 5.75 Å². The lowest BCUT2D eigenvalue weighted by Gasteiger charge is -2.34. The molecule has 1 aromatic rings. The van der Waals surface area contributed by atoms with Gasteiger partial charge in [0.05, 0.1) is 0 Å². The van der Waals surface area contributed by atoms with Crippen molar-refractivity contribution in [2.24, 2.45) is 0 Å². The molecule has 1 fully saturated rings. The molecular weight excluding hydrogens is 325 g/mol. The molecule has 0 spiro atoms. The van der Waals surface area contributed by atoms with Gasteiger partial charge in [-0.3, -0.25) is 0 Å². The van der Waals surface area contributed by atoms with Gasteiger partial charge >= 0.3 is 6.36 Å². The first-order valence-corrected chi connectivity index (χ1v) is 6.62. The highest BCUT2D eigenvalue weighted by atomic mass is 79.9. The molecule has 0 unspecified atom stereocenters. The minimum absolute atomic E-state index is 0.198. The number of alkyl halides is 3. The molecule has 3 nitrogen and oxygen atoms in total. The Hall–Kier alpha value is -0.950. The SMILES string of the molecule is CN1CCN(c2cc(Br)cc(OC(F)(F)F)c2)CC1. The maximum Gasteiger partial charge on any atom is 0.573 e. The van der Waals surface area contributed by atoms with E-state index in [4.69, 9.17) is 0 Å². The largest absolute Gasteiger partial charge is 0.573 e. The number of ether oxygens (including phenoxy) is 1. The molecule has 106 valence electrons. The second kappa shape index (κ2) is 5.58. The molecule has 0 radical (unpaired) electrons. The summed E-state index contributed by atoms with van der Waals surface area (Å²) < 4.78 is 41.3. The summed E-state index contributed by atoms with van der Waals surface area (Å²) in [5, 5.41) is 0. The van der Waals surface area contributed by atoms with Crippen molar-refractivity contribution in [3.05, 3.63) is 22.7 Å². The van der Waals surface area contributed by atoms with Gasteiger partial charge in [-0.25, -0.2) is 0 Å². The topological polar surface area (TPSA) is 15.7 Å². The number of hydrogen-bond donors (Lipinski definition) is 0. The van der Waals surface area contributed by atoms with Crippen molar-refractivity contribution in [2.75, 3.05) is 38.1 Å². The number of halogens is 4. The van der Waals surface area contributed by atoms with Gasteiger partial charge in [-0.05, 0) is 19.2 Å². The number of anilines is 1. The van der Waals surface area contributed by atoms with Crippen LogP contribution in [-0.2, 0) is 0 Å². The zero-order valence-corrected chi connectivity index (χ0v) is 12.0. The minimum atomic E-state index is -4.67. The highest BCUT2D eigenvalue weighted by Gasteiger charge is 2.31. The summed E-state index contributed by atoms with van der Waals surface area (Å²) in [6.07, 6.45) is -4.67. The van der Waals surface area contributed by atoms with E-state index < -0.39 is 6.36 Å². The summed E-state index contributed by atoms with van der Waals surface area (Å²) in [6.45, 7) is 3.36. The molecule has 19 heavy (non-hydrogen) atoms. The third kappa shape index (κ3) is 4.28. The number of rotatable bonds is 2. The molecule has 1 aliphatic rings. The van der Waals surface area contributed by atoms with Crippen LogP contribution < -0.4 is 9.64 Å². The van der Waals surface area contributed by atoms with E-state index in [0.717, 1.165) is 31.9 Å². The number of likely N-dealkylation sites (N-methyl/N-ethyl adjacent to an activating group) is 1. The molecular formula is C12H14BrF3N2O. The average Bonchev–Trinajstić information content (AvgIpc) is 2.26. The van der Waals surface area contributed by atoms with Crippen molar-refractivity contribution < 1.29 is 17.9 Å². The van der Waals surface area contributed by atoms with Crippen molar-refractivity contribution in [3.8, 4) is 5.75 Å². The predicted molar refractivity (Wildman–Crippen MR) is 70.5 cm³/mol. The Labute approximate surface area is 118 Å². The van der Waals surface area contributed by atoms with Gasteiger partial charge in [-0.2, -0.15) is 0 Å². The highest BCUT2D eigenvalue weighted by molar-refractivity contribution is 9.10. The second-order valence-corrected chi connectivity index (χ2v) is 5.40. The van der Waals surface area contributed by atoms with E-state index in [1.54, 1.807) is 6.07 Å². The average molecular weight is 339 g/mol.